The predicted molar refractivity (Wildman–Crippen MR) is 72.2 cm³/mol. The molecule has 2 rings (SSSR count). The van der Waals surface area contributed by atoms with Crippen molar-refractivity contribution in [2.75, 3.05) is 0 Å². The molecule has 7 nitrogen and oxygen atoms in total. The Hall–Kier alpha value is -1.89. The summed E-state index contributed by atoms with van der Waals surface area (Å²) in [6, 6.07) is -0.459. The van der Waals surface area contributed by atoms with Crippen LogP contribution in [-0.4, -0.2) is 25.8 Å². The van der Waals surface area contributed by atoms with Crippen LogP contribution < -0.4 is 5.32 Å². The minimum absolute atomic E-state index is 0.164. The van der Waals surface area contributed by atoms with Crippen molar-refractivity contribution in [2.24, 2.45) is 0 Å². The standard InChI is InChI=1S/C12H16ClN5O2/c1-7(2)12-16-10(17-20-12)5-14-11(19)8(3)18-6-9(13)4-15-18/h4,6-8H,5H2,1-3H3,(H,14,19)/t8-/m0/s1. The summed E-state index contributed by atoms with van der Waals surface area (Å²) >= 11 is 5.77. The van der Waals surface area contributed by atoms with Crippen LogP contribution in [0.1, 0.15) is 44.4 Å². The van der Waals surface area contributed by atoms with Crippen LogP contribution in [0.5, 0.6) is 0 Å². The van der Waals surface area contributed by atoms with Crippen molar-refractivity contribution in [3.05, 3.63) is 29.1 Å². The fourth-order valence-corrected chi connectivity index (χ4v) is 1.68. The number of rotatable bonds is 5. The lowest BCUT2D eigenvalue weighted by atomic mass is 10.2. The molecule has 0 aliphatic carbocycles. The number of carbonyl (C=O) groups is 1. The maximum absolute atomic E-state index is 12.0. The number of hydrogen-bond donors (Lipinski definition) is 1. The minimum atomic E-state index is -0.459. The lowest BCUT2D eigenvalue weighted by Crippen LogP contribution is -2.31. The van der Waals surface area contributed by atoms with Crippen molar-refractivity contribution in [3.63, 3.8) is 0 Å². The highest BCUT2D eigenvalue weighted by atomic mass is 35.5. The Morgan fingerprint density at radius 1 is 1.50 bits per heavy atom. The molecule has 0 aromatic carbocycles. The lowest BCUT2D eigenvalue weighted by molar-refractivity contribution is -0.124. The largest absolute Gasteiger partial charge is 0.347 e. The van der Waals surface area contributed by atoms with Gasteiger partial charge in [-0.3, -0.25) is 9.48 Å². The van der Waals surface area contributed by atoms with Crippen LogP contribution in [0.2, 0.25) is 5.02 Å². The fraction of sp³-hybridized carbons (Fsp3) is 0.500. The number of nitrogens with zero attached hydrogens (tertiary/aromatic N) is 4. The van der Waals surface area contributed by atoms with Gasteiger partial charge in [0.2, 0.25) is 11.8 Å². The monoisotopic (exact) mass is 297 g/mol. The van der Waals surface area contributed by atoms with Crippen LogP contribution >= 0.6 is 11.6 Å². The molecule has 0 aliphatic rings. The summed E-state index contributed by atoms with van der Waals surface area (Å²) in [7, 11) is 0. The van der Waals surface area contributed by atoms with Gasteiger partial charge < -0.3 is 9.84 Å². The van der Waals surface area contributed by atoms with E-state index in [0.29, 0.717) is 16.7 Å². The Labute approximate surface area is 121 Å². The van der Waals surface area contributed by atoms with Gasteiger partial charge >= 0.3 is 0 Å². The zero-order valence-corrected chi connectivity index (χ0v) is 12.3. The van der Waals surface area contributed by atoms with Gasteiger partial charge in [0, 0.05) is 12.1 Å². The first-order valence-electron chi connectivity index (χ1n) is 6.27. The number of aromatic nitrogens is 4. The van der Waals surface area contributed by atoms with E-state index in [2.05, 4.69) is 20.6 Å². The first-order chi connectivity index (χ1) is 9.47. The molecule has 1 N–H and O–H groups in total. The molecule has 0 spiro atoms. The third kappa shape index (κ3) is 3.36. The quantitative estimate of drug-likeness (QED) is 0.911. The molecule has 108 valence electrons. The van der Waals surface area contributed by atoms with E-state index in [4.69, 9.17) is 16.1 Å². The number of halogens is 1. The van der Waals surface area contributed by atoms with Crippen LogP contribution in [0.3, 0.4) is 0 Å². The second kappa shape index (κ2) is 6.04. The van der Waals surface area contributed by atoms with E-state index in [9.17, 15) is 4.79 Å². The Morgan fingerprint density at radius 2 is 2.25 bits per heavy atom. The third-order valence-corrected chi connectivity index (χ3v) is 2.94. The molecule has 0 fully saturated rings. The zero-order chi connectivity index (χ0) is 14.7. The number of amides is 1. The van der Waals surface area contributed by atoms with E-state index in [1.54, 1.807) is 13.1 Å². The van der Waals surface area contributed by atoms with Crippen LogP contribution in [-0.2, 0) is 11.3 Å². The maximum Gasteiger partial charge on any atom is 0.244 e. The summed E-state index contributed by atoms with van der Waals surface area (Å²) in [4.78, 5) is 16.1. The molecule has 2 aromatic heterocycles. The summed E-state index contributed by atoms with van der Waals surface area (Å²) < 4.78 is 6.55. The average Bonchev–Trinajstić information content (AvgIpc) is 3.03. The summed E-state index contributed by atoms with van der Waals surface area (Å²) in [5, 5.41) is 11.0. The van der Waals surface area contributed by atoms with Gasteiger partial charge in [-0.25, -0.2) is 0 Å². The number of nitrogens with one attached hydrogen (secondary N) is 1. The fourth-order valence-electron chi connectivity index (χ4n) is 1.53. The highest BCUT2D eigenvalue weighted by Gasteiger charge is 2.17. The van der Waals surface area contributed by atoms with E-state index >= 15 is 0 Å². The third-order valence-electron chi connectivity index (χ3n) is 2.74. The molecule has 8 heteroatoms. The SMILES string of the molecule is CC(C)c1nc(CNC(=O)[C@H](C)n2cc(Cl)cn2)no1. The average molecular weight is 298 g/mol. The van der Waals surface area contributed by atoms with E-state index in [0.717, 1.165) is 0 Å². The Balaban J connectivity index is 1.91. The molecule has 0 unspecified atom stereocenters. The van der Waals surface area contributed by atoms with Crippen LogP contribution in [0, 0.1) is 0 Å². The van der Waals surface area contributed by atoms with Crippen LogP contribution in [0.25, 0.3) is 0 Å². The predicted octanol–water partition coefficient (Wildman–Crippen LogP) is 1.92. The van der Waals surface area contributed by atoms with E-state index in [-0.39, 0.29) is 18.4 Å². The van der Waals surface area contributed by atoms with E-state index < -0.39 is 6.04 Å². The van der Waals surface area contributed by atoms with Crippen molar-refractivity contribution < 1.29 is 9.32 Å². The molecule has 0 bridgehead atoms. The normalized spacial score (nSPS) is 12.7. The molecule has 0 aliphatic heterocycles. The molecule has 0 saturated carbocycles. The van der Waals surface area contributed by atoms with Crippen molar-refractivity contribution in [1.82, 2.24) is 25.2 Å². The maximum atomic E-state index is 12.0. The summed E-state index contributed by atoms with van der Waals surface area (Å²) in [6.07, 6.45) is 3.08. The molecule has 1 amide bonds. The summed E-state index contributed by atoms with van der Waals surface area (Å²) in [5.74, 6) is 0.978. The van der Waals surface area contributed by atoms with Gasteiger partial charge in [0.25, 0.3) is 0 Å². The van der Waals surface area contributed by atoms with Gasteiger partial charge in [-0.05, 0) is 6.92 Å². The number of hydrogen-bond acceptors (Lipinski definition) is 5. The molecular weight excluding hydrogens is 282 g/mol. The molecule has 20 heavy (non-hydrogen) atoms. The first kappa shape index (κ1) is 14.5. The topological polar surface area (TPSA) is 85.8 Å². The second-order valence-corrected chi connectivity index (χ2v) is 5.17. The minimum Gasteiger partial charge on any atom is -0.347 e. The van der Waals surface area contributed by atoms with Crippen molar-refractivity contribution >= 4 is 17.5 Å². The van der Waals surface area contributed by atoms with E-state index in [1.165, 1.54) is 10.9 Å². The Bertz CT molecular complexity index is 592. The number of carbonyl (C=O) groups excluding carboxylic acids is 1. The van der Waals surface area contributed by atoms with Crippen molar-refractivity contribution in [2.45, 2.75) is 39.3 Å². The molecule has 1 atom stereocenters. The van der Waals surface area contributed by atoms with Gasteiger partial charge in [0.15, 0.2) is 5.82 Å². The van der Waals surface area contributed by atoms with Crippen LogP contribution in [0.15, 0.2) is 16.9 Å². The lowest BCUT2D eigenvalue weighted by Gasteiger charge is -2.11. The van der Waals surface area contributed by atoms with Gasteiger partial charge in [-0.15, -0.1) is 0 Å². The zero-order valence-electron chi connectivity index (χ0n) is 11.5. The van der Waals surface area contributed by atoms with Gasteiger partial charge in [0.1, 0.15) is 6.04 Å². The first-order valence-corrected chi connectivity index (χ1v) is 6.65. The Kier molecular flexibility index (Phi) is 4.39. The molecule has 2 aromatic rings. The summed E-state index contributed by atoms with van der Waals surface area (Å²) in [5.41, 5.74) is 0. The van der Waals surface area contributed by atoms with E-state index in [1.807, 2.05) is 13.8 Å². The van der Waals surface area contributed by atoms with Gasteiger partial charge in [0.05, 0.1) is 17.8 Å². The summed E-state index contributed by atoms with van der Waals surface area (Å²) in [6.45, 7) is 5.86. The van der Waals surface area contributed by atoms with Gasteiger partial charge in [-0.2, -0.15) is 10.1 Å². The molecular formula is C12H16ClN5O2. The smallest absolute Gasteiger partial charge is 0.244 e. The van der Waals surface area contributed by atoms with Crippen LogP contribution in [0.4, 0.5) is 0 Å². The Morgan fingerprint density at radius 3 is 2.80 bits per heavy atom. The molecule has 2 heterocycles. The van der Waals surface area contributed by atoms with Crippen molar-refractivity contribution in [1.29, 1.82) is 0 Å². The second-order valence-electron chi connectivity index (χ2n) is 4.74. The highest BCUT2D eigenvalue weighted by molar-refractivity contribution is 6.30. The highest BCUT2D eigenvalue weighted by Crippen LogP contribution is 2.12. The van der Waals surface area contributed by atoms with Gasteiger partial charge in [-0.1, -0.05) is 30.6 Å². The molecule has 0 saturated heterocycles. The molecule has 0 radical (unpaired) electrons. The van der Waals surface area contributed by atoms with Crippen molar-refractivity contribution in [3.8, 4) is 0 Å².